The Morgan fingerprint density at radius 3 is 2.67 bits per heavy atom. The van der Waals surface area contributed by atoms with E-state index in [4.69, 9.17) is 21.1 Å². The van der Waals surface area contributed by atoms with E-state index in [0.717, 1.165) is 37.4 Å². The molecule has 18 heavy (non-hydrogen) atoms. The molecule has 102 valence electrons. The third-order valence-corrected chi connectivity index (χ3v) is 2.99. The Balaban J connectivity index is 2.72. The van der Waals surface area contributed by atoms with E-state index in [1.807, 2.05) is 12.3 Å². The molecule has 0 aromatic carbocycles. The molecular formula is C13H21ClN2O2. The number of rotatable bonds is 9. The van der Waals surface area contributed by atoms with Crippen LogP contribution in [-0.2, 0) is 15.4 Å². The van der Waals surface area contributed by atoms with Gasteiger partial charge in [-0.1, -0.05) is 0 Å². The van der Waals surface area contributed by atoms with Gasteiger partial charge in [0.1, 0.15) is 0 Å². The van der Waals surface area contributed by atoms with Crippen molar-refractivity contribution >= 4 is 17.3 Å². The summed E-state index contributed by atoms with van der Waals surface area (Å²) in [5.74, 6) is 0.469. The first kappa shape index (κ1) is 15.2. The van der Waals surface area contributed by atoms with Gasteiger partial charge in [0.25, 0.3) is 0 Å². The first-order valence-electron chi connectivity index (χ1n) is 6.05. The summed E-state index contributed by atoms with van der Waals surface area (Å²) in [5, 5.41) is 0. The molecule has 0 bridgehead atoms. The van der Waals surface area contributed by atoms with Gasteiger partial charge in [0, 0.05) is 57.6 Å². The quantitative estimate of drug-likeness (QED) is 0.510. The van der Waals surface area contributed by atoms with E-state index in [0.29, 0.717) is 12.5 Å². The average molecular weight is 273 g/mol. The fourth-order valence-corrected chi connectivity index (χ4v) is 1.99. The Labute approximate surface area is 114 Å². The van der Waals surface area contributed by atoms with Crippen molar-refractivity contribution in [3.8, 4) is 0 Å². The number of halogens is 1. The second-order valence-corrected chi connectivity index (χ2v) is 4.23. The van der Waals surface area contributed by atoms with E-state index in [1.165, 1.54) is 0 Å². The predicted octanol–water partition coefficient (Wildman–Crippen LogP) is 2.31. The lowest BCUT2D eigenvalue weighted by Crippen LogP contribution is -2.29. The van der Waals surface area contributed by atoms with E-state index in [2.05, 4.69) is 9.88 Å². The largest absolute Gasteiger partial charge is 0.385 e. The Hall–Kier alpha value is -0.840. The van der Waals surface area contributed by atoms with Crippen LogP contribution in [-0.4, -0.2) is 45.5 Å². The first-order chi connectivity index (χ1) is 8.83. The summed E-state index contributed by atoms with van der Waals surface area (Å²) >= 11 is 5.95. The first-order valence-corrected chi connectivity index (χ1v) is 6.58. The predicted molar refractivity (Wildman–Crippen MR) is 74.4 cm³/mol. The summed E-state index contributed by atoms with van der Waals surface area (Å²) in [6, 6.07) is 2.00. The topological polar surface area (TPSA) is 34.6 Å². The Kier molecular flexibility index (Phi) is 7.73. The molecule has 0 aliphatic rings. The minimum absolute atomic E-state index is 0.469. The van der Waals surface area contributed by atoms with Crippen molar-refractivity contribution in [3.05, 3.63) is 24.0 Å². The Morgan fingerprint density at radius 2 is 2.00 bits per heavy atom. The zero-order valence-corrected chi connectivity index (χ0v) is 11.8. The van der Waals surface area contributed by atoms with Crippen molar-refractivity contribution in [2.24, 2.45) is 0 Å². The molecule has 0 N–H and O–H groups in total. The average Bonchev–Trinajstić information content (AvgIpc) is 2.42. The number of hydrogen-bond acceptors (Lipinski definition) is 4. The van der Waals surface area contributed by atoms with Crippen LogP contribution in [0.5, 0.6) is 0 Å². The molecule has 1 aromatic heterocycles. The van der Waals surface area contributed by atoms with Gasteiger partial charge in [-0.3, -0.25) is 4.98 Å². The highest BCUT2D eigenvalue weighted by Gasteiger charge is 2.10. The van der Waals surface area contributed by atoms with Crippen LogP contribution in [0, 0.1) is 0 Å². The van der Waals surface area contributed by atoms with E-state index in [1.54, 1.807) is 20.4 Å². The van der Waals surface area contributed by atoms with Gasteiger partial charge in [0.2, 0.25) is 0 Å². The summed E-state index contributed by atoms with van der Waals surface area (Å²) in [6.07, 6.45) is 4.59. The van der Waals surface area contributed by atoms with Crippen LogP contribution in [0.15, 0.2) is 18.5 Å². The molecule has 4 nitrogen and oxygen atoms in total. The maximum Gasteiger partial charge on any atom is 0.0637 e. The number of hydrogen-bond donors (Lipinski definition) is 0. The maximum atomic E-state index is 5.95. The van der Waals surface area contributed by atoms with Gasteiger partial charge < -0.3 is 14.4 Å². The van der Waals surface area contributed by atoms with Crippen molar-refractivity contribution in [3.63, 3.8) is 0 Å². The number of aromatic nitrogens is 1. The number of methoxy groups -OCH3 is 2. The normalized spacial score (nSPS) is 10.6. The van der Waals surface area contributed by atoms with Crippen LogP contribution in [0.3, 0.4) is 0 Å². The highest BCUT2D eigenvalue weighted by molar-refractivity contribution is 6.17. The molecule has 0 saturated heterocycles. The smallest absolute Gasteiger partial charge is 0.0637 e. The zero-order chi connectivity index (χ0) is 13.2. The van der Waals surface area contributed by atoms with Crippen molar-refractivity contribution < 1.29 is 9.47 Å². The molecular weight excluding hydrogens is 252 g/mol. The van der Waals surface area contributed by atoms with Crippen molar-refractivity contribution in [1.82, 2.24) is 4.98 Å². The van der Waals surface area contributed by atoms with Gasteiger partial charge in [-0.05, 0) is 12.5 Å². The fourth-order valence-electron chi connectivity index (χ4n) is 1.79. The van der Waals surface area contributed by atoms with Crippen LogP contribution < -0.4 is 4.90 Å². The van der Waals surface area contributed by atoms with Gasteiger partial charge in [-0.25, -0.2) is 0 Å². The van der Waals surface area contributed by atoms with E-state index in [-0.39, 0.29) is 0 Å². The summed E-state index contributed by atoms with van der Waals surface area (Å²) in [5.41, 5.74) is 2.18. The van der Waals surface area contributed by atoms with Crippen molar-refractivity contribution in [1.29, 1.82) is 0 Å². The molecule has 0 spiro atoms. The SMILES string of the molecule is COCCCN(CCOC)c1ccncc1CCl. The molecule has 0 atom stereocenters. The highest BCUT2D eigenvalue weighted by Crippen LogP contribution is 2.21. The van der Waals surface area contributed by atoms with E-state index >= 15 is 0 Å². The van der Waals surface area contributed by atoms with E-state index in [9.17, 15) is 0 Å². The molecule has 1 rings (SSSR count). The molecule has 0 amide bonds. The summed E-state index contributed by atoms with van der Waals surface area (Å²) in [7, 11) is 3.43. The minimum Gasteiger partial charge on any atom is -0.385 e. The maximum absolute atomic E-state index is 5.95. The van der Waals surface area contributed by atoms with Gasteiger partial charge in [-0.15, -0.1) is 11.6 Å². The molecule has 1 heterocycles. The number of pyridine rings is 1. The summed E-state index contributed by atoms with van der Waals surface area (Å²) in [4.78, 5) is 6.37. The standard InChI is InChI=1S/C13H21ClN2O2/c1-17-8-3-6-16(7-9-18-2)13-4-5-15-11-12(13)10-14/h4-5,11H,3,6-10H2,1-2H3. The lowest BCUT2D eigenvalue weighted by Gasteiger charge is -2.26. The van der Waals surface area contributed by atoms with Crippen LogP contribution in [0.1, 0.15) is 12.0 Å². The molecule has 0 aliphatic carbocycles. The number of anilines is 1. The minimum atomic E-state index is 0.469. The van der Waals surface area contributed by atoms with Gasteiger partial charge >= 0.3 is 0 Å². The van der Waals surface area contributed by atoms with Crippen LogP contribution in [0.4, 0.5) is 5.69 Å². The lowest BCUT2D eigenvalue weighted by atomic mass is 10.2. The van der Waals surface area contributed by atoms with Crippen molar-refractivity contribution in [2.75, 3.05) is 45.4 Å². The number of alkyl halides is 1. The molecule has 0 radical (unpaired) electrons. The highest BCUT2D eigenvalue weighted by atomic mass is 35.5. The third-order valence-electron chi connectivity index (χ3n) is 2.70. The summed E-state index contributed by atoms with van der Waals surface area (Å²) in [6.45, 7) is 3.21. The molecule has 5 heteroatoms. The van der Waals surface area contributed by atoms with Gasteiger partial charge in [0.05, 0.1) is 12.5 Å². The van der Waals surface area contributed by atoms with Crippen molar-refractivity contribution in [2.45, 2.75) is 12.3 Å². The van der Waals surface area contributed by atoms with Gasteiger partial charge in [0.15, 0.2) is 0 Å². The second-order valence-electron chi connectivity index (χ2n) is 3.96. The number of ether oxygens (including phenoxy) is 2. The van der Waals surface area contributed by atoms with E-state index < -0.39 is 0 Å². The molecule has 0 aliphatic heterocycles. The Morgan fingerprint density at radius 1 is 1.22 bits per heavy atom. The second kappa shape index (κ2) is 9.14. The van der Waals surface area contributed by atoms with Crippen LogP contribution >= 0.6 is 11.6 Å². The van der Waals surface area contributed by atoms with Gasteiger partial charge in [-0.2, -0.15) is 0 Å². The number of nitrogens with zero attached hydrogens (tertiary/aromatic N) is 2. The fraction of sp³-hybridized carbons (Fsp3) is 0.615. The van der Waals surface area contributed by atoms with Crippen LogP contribution in [0.25, 0.3) is 0 Å². The molecule has 1 aromatic rings. The molecule has 0 unspecified atom stereocenters. The summed E-state index contributed by atoms with van der Waals surface area (Å²) < 4.78 is 10.2. The monoisotopic (exact) mass is 272 g/mol. The molecule has 0 fully saturated rings. The Bertz CT molecular complexity index is 337. The van der Waals surface area contributed by atoms with Crippen LogP contribution in [0.2, 0.25) is 0 Å². The molecule has 0 saturated carbocycles. The lowest BCUT2D eigenvalue weighted by molar-refractivity contribution is 0.191. The zero-order valence-electron chi connectivity index (χ0n) is 11.1. The third kappa shape index (κ3) is 4.80.